The van der Waals surface area contributed by atoms with Crippen LogP contribution in [0, 0.1) is 13.8 Å². The Morgan fingerprint density at radius 1 is 1.17 bits per heavy atom. The molecule has 0 unspecified atom stereocenters. The monoisotopic (exact) mass is 390 g/mol. The van der Waals surface area contributed by atoms with Crippen molar-refractivity contribution < 1.29 is 9.53 Å². The van der Waals surface area contributed by atoms with Crippen molar-refractivity contribution in [3.63, 3.8) is 0 Å². The number of pyridine rings is 2. The van der Waals surface area contributed by atoms with Gasteiger partial charge in [-0.3, -0.25) is 9.78 Å². The van der Waals surface area contributed by atoms with Crippen molar-refractivity contribution >= 4 is 5.91 Å². The van der Waals surface area contributed by atoms with E-state index in [0.717, 1.165) is 24.0 Å². The average molecular weight is 390 g/mol. The third-order valence-corrected chi connectivity index (χ3v) is 5.34. The Bertz CT molecular complexity index is 1050. The van der Waals surface area contributed by atoms with Crippen LogP contribution in [0.15, 0.2) is 42.9 Å². The average Bonchev–Trinajstić information content (AvgIpc) is 3.49. The fourth-order valence-electron chi connectivity index (χ4n) is 3.93. The van der Waals surface area contributed by atoms with Crippen LogP contribution in [-0.2, 0) is 9.53 Å². The van der Waals surface area contributed by atoms with E-state index in [1.165, 1.54) is 0 Å². The molecule has 0 radical (unpaired) electrons. The molecule has 2 atom stereocenters. The summed E-state index contributed by atoms with van der Waals surface area (Å²) >= 11 is 0. The molecule has 1 aliphatic carbocycles. The Kier molecular flexibility index (Phi) is 4.35. The van der Waals surface area contributed by atoms with Crippen molar-refractivity contribution in [3.05, 3.63) is 65.6 Å². The molecular weight excluding hydrogens is 368 g/mol. The van der Waals surface area contributed by atoms with E-state index in [9.17, 15) is 4.79 Å². The molecule has 8 heteroatoms. The maximum atomic E-state index is 12.8. The van der Waals surface area contributed by atoms with E-state index in [4.69, 9.17) is 4.74 Å². The number of aryl methyl sites for hydroxylation is 2. The highest BCUT2D eigenvalue weighted by molar-refractivity contribution is 5.79. The van der Waals surface area contributed by atoms with Crippen molar-refractivity contribution in [1.29, 1.82) is 0 Å². The SMILES string of the molecule is Cc1ccnc(-n2nc(C)nc2[C@H]2OCC(=O)N(C3CC3)[C@@H]2c2cccnc2)c1. The second-order valence-corrected chi connectivity index (χ2v) is 7.62. The Morgan fingerprint density at radius 2 is 2.03 bits per heavy atom. The van der Waals surface area contributed by atoms with E-state index in [-0.39, 0.29) is 24.6 Å². The lowest BCUT2D eigenvalue weighted by Gasteiger charge is -2.40. The number of rotatable bonds is 4. The first-order valence-corrected chi connectivity index (χ1v) is 9.81. The zero-order valence-corrected chi connectivity index (χ0v) is 16.4. The first-order valence-electron chi connectivity index (χ1n) is 9.81. The van der Waals surface area contributed by atoms with Gasteiger partial charge in [-0.15, -0.1) is 5.10 Å². The summed E-state index contributed by atoms with van der Waals surface area (Å²) in [6.45, 7) is 3.89. The summed E-state index contributed by atoms with van der Waals surface area (Å²) in [7, 11) is 0. The molecule has 1 saturated heterocycles. The minimum absolute atomic E-state index is 0.00840. The largest absolute Gasteiger partial charge is 0.358 e. The third kappa shape index (κ3) is 3.29. The summed E-state index contributed by atoms with van der Waals surface area (Å²) < 4.78 is 7.82. The van der Waals surface area contributed by atoms with Gasteiger partial charge < -0.3 is 9.64 Å². The fourth-order valence-corrected chi connectivity index (χ4v) is 3.93. The topological polar surface area (TPSA) is 86.0 Å². The number of nitrogens with zero attached hydrogens (tertiary/aromatic N) is 6. The molecule has 1 saturated carbocycles. The van der Waals surface area contributed by atoms with E-state index >= 15 is 0 Å². The van der Waals surface area contributed by atoms with Crippen molar-refractivity contribution in [2.45, 2.75) is 44.9 Å². The standard InChI is InChI=1S/C21H22N6O2/c1-13-7-9-23-17(10-13)27-21(24-14(2)25-27)20-19(15-4-3-8-22-11-15)26(16-5-6-16)18(28)12-29-20/h3-4,7-11,16,19-20H,5-6,12H2,1-2H3/t19-,20+/m1/s1. The predicted molar refractivity (Wildman–Crippen MR) is 104 cm³/mol. The number of aromatic nitrogens is 5. The van der Waals surface area contributed by atoms with Crippen LogP contribution in [0.25, 0.3) is 5.82 Å². The van der Waals surface area contributed by atoms with Gasteiger partial charge in [0.2, 0.25) is 5.91 Å². The smallest absolute Gasteiger partial charge is 0.249 e. The molecule has 3 aromatic rings. The van der Waals surface area contributed by atoms with Gasteiger partial charge in [-0.25, -0.2) is 9.97 Å². The molecule has 2 aliphatic rings. The van der Waals surface area contributed by atoms with E-state index in [2.05, 4.69) is 20.1 Å². The van der Waals surface area contributed by atoms with Crippen molar-refractivity contribution in [2.24, 2.45) is 0 Å². The lowest BCUT2D eigenvalue weighted by Crippen LogP contribution is -2.47. The highest BCUT2D eigenvalue weighted by Crippen LogP contribution is 2.45. The lowest BCUT2D eigenvalue weighted by atomic mass is 9.98. The van der Waals surface area contributed by atoms with Crippen LogP contribution in [0.4, 0.5) is 0 Å². The summed E-state index contributed by atoms with van der Waals surface area (Å²) in [5, 5.41) is 4.57. The van der Waals surface area contributed by atoms with Gasteiger partial charge in [0.05, 0.1) is 6.04 Å². The highest BCUT2D eigenvalue weighted by Gasteiger charge is 2.47. The maximum absolute atomic E-state index is 12.8. The van der Waals surface area contributed by atoms with Gasteiger partial charge in [-0.05, 0) is 56.0 Å². The van der Waals surface area contributed by atoms with Gasteiger partial charge in [0.25, 0.3) is 0 Å². The number of carbonyl (C=O) groups is 1. The summed E-state index contributed by atoms with van der Waals surface area (Å²) in [6.07, 6.45) is 6.86. The predicted octanol–water partition coefficient (Wildman–Crippen LogP) is 2.48. The van der Waals surface area contributed by atoms with Crippen LogP contribution < -0.4 is 0 Å². The quantitative estimate of drug-likeness (QED) is 0.680. The molecule has 0 spiro atoms. The van der Waals surface area contributed by atoms with E-state index < -0.39 is 6.10 Å². The number of hydrogen-bond acceptors (Lipinski definition) is 6. The second kappa shape index (κ2) is 7.04. The summed E-state index contributed by atoms with van der Waals surface area (Å²) in [6, 6.07) is 7.72. The van der Waals surface area contributed by atoms with Gasteiger partial charge in [-0.1, -0.05) is 6.07 Å². The molecule has 8 nitrogen and oxygen atoms in total. The number of morpholine rings is 1. The van der Waals surface area contributed by atoms with Gasteiger partial charge >= 0.3 is 0 Å². The maximum Gasteiger partial charge on any atom is 0.249 e. The Hall–Kier alpha value is -3.13. The molecular formula is C21H22N6O2. The normalized spacial score (nSPS) is 22.1. The summed E-state index contributed by atoms with van der Waals surface area (Å²) in [5.41, 5.74) is 2.01. The van der Waals surface area contributed by atoms with Crippen LogP contribution in [0.1, 0.15) is 47.8 Å². The highest BCUT2D eigenvalue weighted by atomic mass is 16.5. The fraction of sp³-hybridized carbons (Fsp3) is 0.381. The molecule has 1 aliphatic heterocycles. The van der Waals surface area contributed by atoms with Crippen LogP contribution in [-0.4, -0.2) is 48.2 Å². The molecule has 2 fully saturated rings. The van der Waals surface area contributed by atoms with Gasteiger partial charge in [-0.2, -0.15) is 4.68 Å². The third-order valence-electron chi connectivity index (χ3n) is 5.34. The zero-order valence-electron chi connectivity index (χ0n) is 16.4. The van der Waals surface area contributed by atoms with E-state index in [0.29, 0.717) is 17.5 Å². The molecule has 3 aromatic heterocycles. The summed E-state index contributed by atoms with van der Waals surface area (Å²) in [5.74, 6) is 1.97. The van der Waals surface area contributed by atoms with Crippen LogP contribution >= 0.6 is 0 Å². The minimum atomic E-state index is -0.457. The number of carbonyl (C=O) groups excluding carboxylic acids is 1. The first kappa shape index (κ1) is 17.9. The minimum Gasteiger partial charge on any atom is -0.358 e. The van der Waals surface area contributed by atoms with Crippen molar-refractivity contribution in [3.8, 4) is 5.82 Å². The number of amides is 1. The van der Waals surface area contributed by atoms with Gasteiger partial charge in [0.15, 0.2) is 11.6 Å². The molecule has 0 N–H and O–H groups in total. The first-order chi connectivity index (χ1) is 14.1. The number of ether oxygens (including phenoxy) is 1. The molecule has 0 bridgehead atoms. The molecule has 4 heterocycles. The van der Waals surface area contributed by atoms with Crippen LogP contribution in [0.3, 0.4) is 0 Å². The number of hydrogen-bond donors (Lipinski definition) is 0. The molecule has 5 rings (SSSR count). The molecule has 29 heavy (non-hydrogen) atoms. The van der Waals surface area contributed by atoms with E-state index in [1.807, 2.05) is 43.0 Å². The zero-order chi connectivity index (χ0) is 20.0. The van der Waals surface area contributed by atoms with Crippen molar-refractivity contribution in [2.75, 3.05) is 6.61 Å². The summed E-state index contributed by atoms with van der Waals surface area (Å²) in [4.78, 5) is 28.2. The van der Waals surface area contributed by atoms with Crippen LogP contribution in [0.5, 0.6) is 0 Å². The molecule has 1 amide bonds. The Labute approximate surface area is 168 Å². The Balaban J connectivity index is 1.63. The second-order valence-electron chi connectivity index (χ2n) is 7.62. The lowest BCUT2D eigenvalue weighted by molar-refractivity contribution is -0.160. The Morgan fingerprint density at radius 3 is 2.76 bits per heavy atom. The van der Waals surface area contributed by atoms with Gasteiger partial charge in [0, 0.05) is 24.6 Å². The van der Waals surface area contributed by atoms with Gasteiger partial charge in [0.1, 0.15) is 18.5 Å². The molecule has 148 valence electrons. The van der Waals surface area contributed by atoms with Crippen LogP contribution in [0.2, 0.25) is 0 Å². The van der Waals surface area contributed by atoms with E-state index in [1.54, 1.807) is 23.3 Å². The van der Waals surface area contributed by atoms with Crippen molar-refractivity contribution in [1.82, 2.24) is 29.6 Å². The molecule has 0 aromatic carbocycles.